The fraction of sp³-hybridized carbons (Fsp3) is 0.273. The maximum absolute atomic E-state index is 13.4. The Morgan fingerprint density at radius 1 is 1.42 bits per heavy atom. The number of primary amides is 1. The van der Waals surface area contributed by atoms with Gasteiger partial charge in [0.05, 0.1) is 23.5 Å². The zero-order chi connectivity index (χ0) is 14.4. The second kappa shape index (κ2) is 6.55. The minimum atomic E-state index is -1.39. The van der Waals surface area contributed by atoms with Crippen molar-refractivity contribution in [2.45, 2.75) is 0 Å². The number of halogens is 1. The van der Waals surface area contributed by atoms with Gasteiger partial charge in [0.2, 0.25) is 5.91 Å². The van der Waals surface area contributed by atoms with Crippen molar-refractivity contribution in [2.24, 2.45) is 5.73 Å². The summed E-state index contributed by atoms with van der Waals surface area (Å²) in [6, 6.07) is 2.02. The molecular weight excluding hydrogens is 257 g/mol. The van der Waals surface area contributed by atoms with Gasteiger partial charge in [0.15, 0.2) is 0 Å². The average Bonchev–Trinajstić information content (AvgIpc) is 2.31. The number of hydrogen-bond acceptors (Lipinski definition) is 5. The number of nitrogens with one attached hydrogen (secondary N) is 1. The molecule has 0 spiro atoms. The predicted octanol–water partition coefficient (Wildman–Crippen LogP) is 0.0199. The third kappa shape index (κ3) is 4.43. The van der Waals surface area contributed by atoms with E-state index in [1.54, 1.807) is 0 Å². The van der Waals surface area contributed by atoms with Gasteiger partial charge in [0, 0.05) is 6.54 Å². The Bertz CT molecular complexity index is 493. The molecule has 0 aromatic heterocycles. The molecular formula is C11H14FN3O4. The normalized spacial score (nSPS) is 10.2. The molecule has 19 heavy (non-hydrogen) atoms. The fourth-order valence-corrected chi connectivity index (χ4v) is 1.34. The first-order valence-electron chi connectivity index (χ1n) is 5.34. The van der Waals surface area contributed by atoms with E-state index < -0.39 is 23.3 Å². The highest BCUT2D eigenvalue weighted by atomic mass is 19.1. The lowest BCUT2D eigenvalue weighted by Crippen LogP contribution is -2.20. The minimum absolute atomic E-state index is 0.105. The van der Waals surface area contributed by atoms with Gasteiger partial charge < -0.3 is 26.6 Å². The first-order valence-corrected chi connectivity index (χ1v) is 5.34. The molecule has 1 amide bonds. The molecule has 104 valence electrons. The number of carbonyl (C=O) groups excluding carboxylic acids is 1. The van der Waals surface area contributed by atoms with Gasteiger partial charge in [-0.15, -0.1) is 0 Å². The molecule has 0 aliphatic heterocycles. The number of ether oxygens (including phenoxy) is 1. The highest BCUT2D eigenvalue weighted by Crippen LogP contribution is 2.22. The number of benzene rings is 1. The van der Waals surface area contributed by atoms with E-state index in [0.29, 0.717) is 0 Å². The van der Waals surface area contributed by atoms with Crippen molar-refractivity contribution >= 4 is 23.3 Å². The molecule has 0 aliphatic carbocycles. The van der Waals surface area contributed by atoms with Crippen LogP contribution in [0, 0.1) is 5.82 Å². The van der Waals surface area contributed by atoms with Crippen LogP contribution in [0.1, 0.15) is 10.4 Å². The van der Waals surface area contributed by atoms with Gasteiger partial charge in [-0.2, -0.15) is 0 Å². The molecule has 0 bridgehead atoms. The number of hydrogen-bond donors (Lipinski definition) is 4. The lowest BCUT2D eigenvalue weighted by molar-refractivity contribution is -0.122. The minimum Gasteiger partial charge on any atom is -0.478 e. The molecule has 0 saturated heterocycles. The van der Waals surface area contributed by atoms with Gasteiger partial charge in [-0.1, -0.05) is 0 Å². The molecule has 8 heteroatoms. The molecule has 0 saturated carbocycles. The number of carbonyl (C=O) groups is 2. The molecule has 0 aliphatic rings. The first-order chi connectivity index (χ1) is 8.91. The first kappa shape index (κ1) is 14.7. The van der Waals surface area contributed by atoms with Crippen LogP contribution in [0.5, 0.6) is 0 Å². The summed E-state index contributed by atoms with van der Waals surface area (Å²) in [4.78, 5) is 21.1. The van der Waals surface area contributed by atoms with Crippen molar-refractivity contribution in [3.63, 3.8) is 0 Å². The Balaban J connectivity index is 2.57. The predicted molar refractivity (Wildman–Crippen MR) is 66.3 cm³/mol. The van der Waals surface area contributed by atoms with Crippen molar-refractivity contribution in [2.75, 3.05) is 30.8 Å². The number of carboxylic acids is 1. The molecule has 6 N–H and O–H groups in total. The highest BCUT2D eigenvalue weighted by Gasteiger charge is 2.13. The van der Waals surface area contributed by atoms with E-state index in [0.717, 1.165) is 12.1 Å². The number of aromatic carboxylic acids is 1. The van der Waals surface area contributed by atoms with Crippen LogP contribution in [0.4, 0.5) is 15.8 Å². The van der Waals surface area contributed by atoms with Gasteiger partial charge in [-0.25, -0.2) is 9.18 Å². The fourth-order valence-electron chi connectivity index (χ4n) is 1.34. The summed E-state index contributed by atoms with van der Waals surface area (Å²) >= 11 is 0. The third-order valence-electron chi connectivity index (χ3n) is 2.18. The number of rotatable bonds is 7. The van der Waals surface area contributed by atoms with Gasteiger partial charge in [0.1, 0.15) is 12.4 Å². The van der Waals surface area contributed by atoms with Crippen molar-refractivity contribution in [3.05, 3.63) is 23.5 Å². The van der Waals surface area contributed by atoms with Crippen LogP contribution >= 0.6 is 0 Å². The summed E-state index contributed by atoms with van der Waals surface area (Å²) in [5, 5.41) is 11.5. The lowest BCUT2D eigenvalue weighted by atomic mass is 10.1. The Hall–Kier alpha value is -2.35. The van der Waals surface area contributed by atoms with E-state index >= 15 is 0 Å². The van der Waals surface area contributed by atoms with Crippen LogP contribution in [-0.2, 0) is 9.53 Å². The van der Waals surface area contributed by atoms with E-state index in [9.17, 15) is 14.0 Å². The summed E-state index contributed by atoms with van der Waals surface area (Å²) in [6.07, 6.45) is 0. The summed E-state index contributed by atoms with van der Waals surface area (Å²) in [5.41, 5.74) is 10.3. The molecule has 1 aromatic carbocycles. The Labute approximate surface area is 108 Å². The van der Waals surface area contributed by atoms with Crippen LogP contribution in [-0.4, -0.2) is 36.7 Å². The number of amides is 1. The van der Waals surface area contributed by atoms with Crippen LogP contribution in [0.3, 0.4) is 0 Å². The van der Waals surface area contributed by atoms with Gasteiger partial charge in [-0.05, 0) is 12.1 Å². The number of nitrogen functional groups attached to an aromatic ring is 1. The molecule has 1 rings (SSSR count). The van der Waals surface area contributed by atoms with Crippen LogP contribution in [0.2, 0.25) is 0 Å². The van der Waals surface area contributed by atoms with Crippen LogP contribution in [0.15, 0.2) is 12.1 Å². The summed E-state index contributed by atoms with van der Waals surface area (Å²) in [5.74, 6) is -2.86. The molecule has 0 unspecified atom stereocenters. The molecule has 7 nitrogen and oxygen atoms in total. The monoisotopic (exact) mass is 271 g/mol. The number of nitrogens with two attached hydrogens (primary N) is 2. The SMILES string of the molecule is NC(=O)COCCNc1cc(F)c(C(=O)O)cc1N. The van der Waals surface area contributed by atoms with Crippen molar-refractivity contribution < 1.29 is 23.8 Å². The Morgan fingerprint density at radius 3 is 2.68 bits per heavy atom. The zero-order valence-corrected chi connectivity index (χ0v) is 9.98. The zero-order valence-electron chi connectivity index (χ0n) is 9.98. The van der Waals surface area contributed by atoms with E-state index in [1.165, 1.54) is 0 Å². The second-order valence-corrected chi connectivity index (χ2v) is 3.67. The van der Waals surface area contributed by atoms with E-state index in [4.69, 9.17) is 21.3 Å². The number of anilines is 2. The maximum atomic E-state index is 13.4. The van der Waals surface area contributed by atoms with Crippen LogP contribution in [0.25, 0.3) is 0 Å². The number of carboxylic acid groups (broad SMARTS) is 1. The van der Waals surface area contributed by atoms with Gasteiger partial charge >= 0.3 is 5.97 Å². The summed E-state index contributed by atoms with van der Waals surface area (Å²) in [6.45, 7) is 0.234. The summed E-state index contributed by atoms with van der Waals surface area (Å²) in [7, 11) is 0. The molecule has 0 fully saturated rings. The van der Waals surface area contributed by atoms with Gasteiger partial charge in [-0.3, -0.25) is 4.79 Å². The molecule has 0 atom stereocenters. The average molecular weight is 271 g/mol. The van der Waals surface area contributed by atoms with E-state index in [-0.39, 0.29) is 31.1 Å². The largest absolute Gasteiger partial charge is 0.478 e. The molecule has 1 aromatic rings. The van der Waals surface area contributed by atoms with Crippen molar-refractivity contribution in [1.29, 1.82) is 0 Å². The Kier molecular flexibility index (Phi) is 5.07. The van der Waals surface area contributed by atoms with E-state index in [1.807, 2.05) is 0 Å². The molecule has 0 radical (unpaired) electrons. The topological polar surface area (TPSA) is 128 Å². The summed E-state index contributed by atoms with van der Waals surface area (Å²) < 4.78 is 18.3. The van der Waals surface area contributed by atoms with E-state index in [2.05, 4.69) is 5.32 Å². The second-order valence-electron chi connectivity index (χ2n) is 3.67. The third-order valence-corrected chi connectivity index (χ3v) is 2.18. The lowest BCUT2D eigenvalue weighted by Gasteiger charge is -2.10. The standard InChI is InChI=1S/C11H14FN3O4/c12-7-4-9(8(13)3-6(7)11(17)18)15-1-2-19-5-10(14)16/h3-4,15H,1-2,5,13H2,(H2,14,16)(H,17,18). The van der Waals surface area contributed by atoms with Crippen molar-refractivity contribution in [3.8, 4) is 0 Å². The van der Waals surface area contributed by atoms with Crippen molar-refractivity contribution in [1.82, 2.24) is 0 Å². The van der Waals surface area contributed by atoms with Crippen LogP contribution < -0.4 is 16.8 Å². The maximum Gasteiger partial charge on any atom is 0.338 e. The smallest absolute Gasteiger partial charge is 0.338 e. The quantitative estimate of drug-likeness (QED) is 0.409. The van der Waals surface area contributed by atoms with Gasteiger partial charge in [0.25, 0.3) is 0 Å². The highest BCUT2D eigenvalue weighted by molar-refractivity contribution is 5.90. The molecule has 0 heterocycles. The Morgan fingerprint density at radius 2 is 2.11 bits per heavy atom.